The van der Waals surface area contributed by atoms with Crippen molar-refractivity contribution < 1.29 is 13.7 Å². The van der Waals surface area contributed by atoms with Crippen LogP contribution in [0.5, 0.6) is 0 Å². The molecule has 1 aromatic rings. The smallest absolute Gasteiger partial charge is 0.405 e. The summed E-state index contributed by atoms with van der Waals surface area (Å²) in [5.41, 5.74) is 1.41. The van der Waals surface area contributed by atoms with Gasteiger partial charge in [-0.2, -0.15) is 0 Å². The van der Waals surface area contributed by atoms with Crippen LogP contribution in [0.2, 0.25) is 6.32 Å². The zero-order valence-electron chi connectivity index (χ0n) is 13.6. The molecule has 4 aliphatic rings. The van der Waals surface area contributed by atoms with Gasteiger partial charge in [-0.15, -0.1) is 0 Å². The van der Waals surface area contributed by atoms with Gasteiger partial charge in [-0.1, -0.05) is 26.0 Å². The summed E-state index contributed by atoms with van der Waals surface area (Å²) in [4.78, 5) is 0. The van der Waals surface area contributed by atoms with Crippen LogP contribution in [0.1, 0.15) is 39.2 Å². The Labute approximate surface area is 132 Å². The van der Waals surface area contributed by atoms with Gasteiger partial charge in [0.15, 0.2) is 0 Å². The van der Waals surface area contributed by atoms with Crippen LogP contribution >= 0.6 is 0 Å². The molecular formula is C18H24BFO2. The normalized spacial score (nSPS) is 38.5. The second kappa shape index (κ2) is 4.81. The lowest BCUT2D eigenvalue weighted by atomic mass is 9.43. The van der Waals surface area contributed by atoms with Gasteiger partial charge in [0.1, 0.15) is 5.82 Å². The summed E-state index contributed by atoms with van der Waals surface area (Å²) in [6.07, 6.45) is 4.38. The molecule has 0 N–H and O–H groups in total. The van der Waals surface area contributed by atoms with Crippen molar-refractivity contribution in [2.24, 2.45) is 17.3 Å². The van der Waals surface area contributed by atoms with Crippen molar-refractivity contribution in [2.75, 3.05) is 0 Å². The number of rotatable bonds is 3. The molecule has 3 aliphatic carbocycles. The fourth-order valence-corrected chi connectivity index (χ4v) is 5.01. The first-order chi connectivity index (χ1) is 10.4. The van der Waals surface area contributed by atoms with E-state index in [-0.39, 0.29) is 24.6 Å². The molecule has 1 aromatic carbocycles. The number of hydrogen-bond donors (Lipinski definition) is 0. The van der Waals surface area contributed by atoms with E-state index in [0.29, 0.717) is 11.3 Å². The first-order valence-corrected chi connectivity index (χ1v) is 8.47. The average molecular weight is 302 g/mol. The second-order valence-corrected chi connectivity index (χ2v) is 8.06. The van der Waals surface area contributed by atoms with Gasteiger partial charge in [-0.05, 0) is 67.5 Å². The summed E-state index contributed by atoms with van der Waals surface area (Å²) in [6, 6.07) is 6.73. The van der Waals surface area contributed by atoms with Gasteiger partial charge < -0.3 is 9.31 Å². The highest BCUT2D eigenvalue weighted by atomic mass is 19.1. The summed E-state index contributed by atoms with van der Waals surface area (Å²) in [7, 11) is -0.116. The molecule has 0 aromatic heterocycles. The number of halogens is 1. The van der Waals surface area contributed by atoms with Gasteiger partial charge in [-0.25, -0.2) is 4.39 Å². The molecule has 2 nitrogen and oxygen atoms in total. The highest BCUT2D eigenvalue weighted by molar-refractivity contribution is 6.45. The van der Waals surface area contributed by atoms with Crippen LogP contribution in [-0.2, 0) is 15.7 Å². The fraction of sp³-hybridized carbons (Fsp3) is 0.667. The van der Waals surface area contributed by atoms with Crippen molar-refractivity contribution in [3.63, 3.8) is 0 Å². The van der Waals surface area contributed by atoms with E-state index in [0.717, 1.165) is 30.6 Å². The second-order valence-electron chi connectivity index (χ2n) is 8.06. The van der Waals surface area contributed by atoms with E-state index in [1.807, 2.05) is 12.1 Å². The summed E-state index contributed by atoms with van der Waals surface area (Å²) < 4.78 is 25.5. The lowest BCUT2D eigenvalue weighted by molar-refractivity contribution is -0.199. The van der Waals surface area contributed by atoms with Crippen LogP contribution in [0.4, 0.5) is 4.39 Å². The van der Waals surface area contributed by atoms with Crippen LogP contribution in [-0.4, -0.2) is 18.8 Å². The van der Waals surface area contributed by atoms with Gasteiger partial charge in [-0.3, -0.25) is 0 Å². The van der Waals surface area contributed by atoms with E-state index in [2.05, 4.69) is 20.8 Å². The van der Waals surface area contributed by atoms with Gasteiger partial charge >= 0.3 is 7.12 Å². The number of aryl methyl sites for hydroxylation is 1. The van der Waals surface area contributed by atoms with Gasteiger partial charge in [0.05, 0.1) is 11.7 Å². The third-order valence-corrected chi connectivity index (χ3v) is 6.58. The molecule has 5 rings (SSSR count). The summed E-state index contributed by atoms with van der Waals surface area (Å²) in [5, 5.41) is 0. The monoisotopic (exact) mass is 302 g/mol. The van der Waals surface area contributed by atoms with Crippen molar-refractivity contribution >= 4 is 7.12 Å². The van der Waals surface area contributed by atoms with Gasteiger partial charge in [0, 0.05) is 0 Å². The van der Waals surface area contributed by atoms with Crippen LogP contribution in [0, 0.1) is 23.1 Å². The molecular weight excluding hydrogens is 278 g/mol. The highest BCUT2D eigenvalue weighted by Gasteiger charge is 2.67. The van der Waals surface area contributed by atoms with Gasteiger partial charge in [0.2, 0.25) is 0 Å². The van der Waals surface area contributed by atoms with E-state index in [1.54, 1.807) is 0 Å². The lowest BCUT2D eigenvalue weighted by Crippen LogP contribution is -2.65. The molecule has 22 heavy (non-hydrogen) atoms. The number of hydrogen-bond acceptors (Lipinski definition) is 2. The van der Waals surface area contributed by atoms with Crippen molar-refractivity contribution in [3.8, 4) is 0 Å². The molecule has 0 radical (unpaired) electrons. The molecule has 2 bridgehead atoms. The Balaban J connectivity index is 1.41. The molecule has 118 valence electrons. The highest BCUT2D eigenvalue weighted by Crippen LogP contribution is 2.65. The van der Waals surface area contributed by atoms with E-state index >= 15 is 0 Å². The molecule has 4 atom stereocenters. The maximum Gasteiger partial charge on any atom is 0.457 e. The lowest BCUT2D eigenvalue weighted by Gasteiger charge is -2.64. The first kappa shape index (κ1) is 14.7. The Kier molecular flexibility index (Phi) is 3.22. The Morgan fingerprint density at radius 2 is 1.91 bits per heavy atom. The Morgan fingerprint density at radius 1 is 1.18 bits per heavy atom. The topological polar surface area (TPSA) is 18.5 Å². The summed E-state index contributed by atoms with van der Waals surface area (Å²) in [6.45, 7) is 7.00. The van der Waals surface area contributed by atoms with Crippen molar-refractivity contribution in [2.45, 2.75) is 58.1 Å². The molecule has 4 fully saturated rings. The minimum Gasteiger partial charge on any atom is -0.405 e. The average Bonchev–Trinajstić information content (AvgIpc) is 2.82. The zero-order valence-corrected chi connectivity index (χ0v) is 13.6. The maximum atomic E-state index is 13.0. The zero-order chi connectivity index (χ0) is 15.5. The molecule has 0 spiro atoms. The molecule has 1 aliphatic heterocycles. The van der Waals surface area contributed by atoms with Gasteiger partial charge in [0.25, 0.3) is 0 Å². The third kappa shape index (κ3) is 2.07. The Hall–Kier alpha value is -0.865. The van der Waals surface area contributed by atoms with Crippen LogP contribution < -0.4 is 0 Å². The molecule has 0 unspecified atom stereocenters. The quantitative estimate of drug-likeness (QED) is 0.783. The Bertz CT molecular complexity index is 573. The van der Waals surface area contributed by atoms with Crippen molar-refractivity contribution in [1.82, 2.24) is 0 Å². The van der Waals surface area contributed by atoms with E-state index in [4.69, 9.17) is 9.31 Å². The summed E-state index contributed by atoms with van der Waals surface area (Å²) in [5.74, 6) is 1.22. The van der Waals surface area contributed by atoms with Crippen LogP contribution in [0.25, 0.3) is 0 Å². The predicted molar refractivity (Wildman–Crippen MR) is 85.0 cm³/mol. The predicted octanol–water partition coefficient (Wildman–Crippen LogP) is 4.10. The molecule has 1 saturated heterocycles. The molecule has 1 heterocycles. The minimum atomic E-state index is -0.183. The van der Waals surface area contributed by atoms with Crippen LogP contribution in [0.3, 0.4) is 0 Å². The largest absolute Gasteiger partial charge is 0.457 e. The summed E-state index contributed by atoms with van der Waals surface area (Å²) >= 11 is 0. The maximum absolute atomic E-state index is 13.0. The standard InChI is InChI=1S/C18H24BFO2/c1-17(2)13-10-15(17)18(3)16(11-13)21-19(22-18)9-8-12-4-6-14(20)7-5-12/h4-7,13,15-16H,8-11H2,1-3H3/t13-,15-,16+,18-/m0/s1. The fourth-order valence-electron chi connectivity index (χ4n) is 5.01. The van der Waals surface area contributed by atoms with Crippen molar-refractivity contribution in [3.05, 3.63) is 35.6 Å². The first-order valence-electron chi connectivity index (χ1n) is 8.47. The van der Waals surface area contributed by atoms with Crippen LogP contribution in [0.15, 0.2) is 24.3 Å². The minimum absolute atomic E-state index is 0.116. The van der Waals surface area contributed by atoms with E-state index < -0.39 is 0 Å². The van der Waals surface area contributed by atoms with E-state index in [1.165, 1.54) is 18.6 Å². The van der Waals surface area contributed by atoms with Crippen molar-refractivity contribution in [1.29, 1.82) is 0 Å². The van der Waals surface area contributed by atoms with E-state index in [9.17, 15) is 4.39 Å². The molecule has 4 heteroatoms. The number of benzene rings is 1. The third-order valence-electron chi connectivity index (χ3n) is 6.58. The Morgan fingerprint density at radius 3 is 2.59 bits per heavy atom. The molecule has 0 amide bonds. The SMILES string of the molecule is CC1(C)[C@@H]2C[C@H]3OB(CCc4ccc(F)cc4)O[C@@]3(C)[C@H]1C2. The molecule has 3 saturated carbocycles.